The number of carbonyl (C=O) groups excluding carboxylic acids is 1. The molecule has 3 rings (SSSR count). The number of piperazine rings is 1. The van der Waals surface area contributed by atoms with Gasteiger partial charge in [0.25, 0.3) is 0 Å². The fourth-order valence-electron chi connectivity index (χ4n) is 3.30. The third kappa shape index (κ3) is 4.58. The molecule has 2 aliphatic rings. The normalized spacial score (nSPS) is 20.3. The molecule has 0 unspecified atom stereocenters. The molecule has 2 N–H and O–H groups in total. The molecule has 0 bridgehead atoms. The van der Waals surface area contributed by atoms with Crippen molar-refractivity contribution in [2.24, 2.45) is 0 Å². The van der Waals surface area contributed by atoms with E-state index in [1.165, 1.54) is 19.3 Å². The van der Waals surface area contributed by atoms with E-state index >= 15 is 0 Å². The Kier molecular flexibility index (Phi) is 5.33. The maximum absolute atomic E-state index is 12.0. The number of hydrogen-bond acceptors (Lipinski definition) is 4. The standard InChI is InChI=1S/C17H27N5O/c1-21-9-11-22(12-10-21)15-7-8-16(18-13-15)20-17(23)19-14-5-3-2-4-6-14/h7-8,13-14H,2-6,9-12H2,1H3,(H2,18,19,20,23). The van der Waals surface area contributed by atoms with Crippen molar-refractivity contribution < 1.29 is 4.79 Å². The summed E-state index contributed by atoms with van der Waals surface area (Å²) in [4.78, 5) is 21.1. The highest BCUT2D eigenvalue weighted by atomic mass is 16.2. The third-order valence-electron chi connectivity index (χ3n) is 4.80. The number of pyridine rings is 1. The molecule has 2 fully saturated rings. The van der Waals surface area contributed by atoms with E-state index in [1.54, 1.807) is 0 Å². The van der Waals surface area contributed by atoms with Crippen LogP contribution in [0.1, 0.15) is 32.1 Å². The molecule has 1 aromatic heterocycles. The lowest BCUT2D eigenvalue weighted by molar-refractivity contribution is 0.244. The second kappa shape index (κ2) is 7.64. The molecule has 2 amide bonds. The maximum Gasteiger partial charge on any atom is 0.320 e. The minimum absolute atomic E-state index is 0.142. The quantitative estimate of drug-likeness (QED) is 0.898. The van der Waals surface area contributed by atoms with Crippen molar-refractivity contribution in [1.29, 1.82) is 0 Å². The molecule has 23 heavy (non-hydrogen) atoms. The van der Waals surface area contributed by atoms with Crippen LogP contribution in [0.3, 0.4) is 0 Å². The number of rotatable bonds is 3. The second-order valence-corrected chi connectivity index (χ2v) is 6.63. The van der Waals surface area contributed by atoms with Crippen LogP contribution in [0.25, 0.3) is 0 Å². The van der Waals surface area contributed by atoms with Gasteiger partial charge in [-0.2, -0.15) is 0 Å². The van der Waals surface area contributed by atoms with Gasteiger partial charge in [0, 0.05) is 32.2 Å². The number of amides is 2. The first-order chi connectivity index (χ1) is 11.2. The van der Waals surface area contributed by atoms with E-state index in [0.717, 1.165) is 44.7 Å². The molecule has 2 heterocycles. The van der Waals surface area contributed by atoms with E-state index in [9.17, 15) is 4.79 Å². The first kappa shape index (κ1) is 16.1. The van der Waals surface area contributed by atoms with Gasteiger partial charge in [0.2, 0.25) is 0 Å². The van der Waals surface area contributed by atoms with Crippen molar-refractivity contribution in [3.05, 3.63) is 18.3 Å². The fourth-order valence-corrected chi connectivity index (χ4v) is 3.30. The molecular weight excluding hydrogens is 290 g/mol. The van der Waals surface area contributed by atoms with Crippen molar-refractivity contribution in [3.8, 4) is 0 Å². The van der Waals surface area contributed by atoms with E-state index in [0.29, 0.717) is 11.9 Å². The molecule has 0 aromatic carbocycles. The lowest BCUT2D eigenvalue weighted by atomic mass is 9.96. The number of aromatic nitrogens is 1. The number of nitrogens with one attached hydrogen (secondary N) is 2. The molecule has 1 saturated carbocycles. The minimum Gasteiger partial charge on any atom is -0.368 e. The molecular formula is C17H27N5O. The van der Waals surface area contributed by atoms with Crippen LogP contribution in [-0.4, -0.2) is 55.2 Å². The van der Waals surface area contributed by atoms with Crippen molar-refractivity contribution in [3.63, 3.8) is 0 Å². The van der Waals surface area contributed by atoms with Gasteiger partial charge < -0.3 is 15.1 Å². The first-order valence-corrected chi connectivity index (χ1v) is 8.68. The number of likely N-dealkylation sites (N-methyl/N-ethyl adjacent to an activating group) is 1. The van der Waals surface area contributed by atoms with Crippen molar-refractivity contribution in [2.75, 3.05) is 43.4 Å². The summed E-state index contributed by atoms with van der Waals surface area (Å²) >= 11 is 0. The van der Waals surface area contributed by atoms with Crippen LogP contribution >= 0.6 is 0 Å². The zero-order chi connectivity index (χ0) is 16.1. The highest BCUT2D eigenvalue weighted by molar-refractivity contribution is 5.88. The van der Waals surface area contributed by atoms with Crippen LogP contribution in [0.15, 0.2) is 18.3 Å². The molecule has 1 aromatic rings. The maximum atomic E-state index is 12.0. The fraction of sp³-hybridized carbons (Fsp3) is 0.647. The summed E-state index contributed by atoms with van der Waals surface area (Å²) in [5.41, 5.74) is 1.12. The van der Waals surface area contributed by atoms with Gasteiger partial charge in [-0.05, 0) is 32.0 Å². The molecule has 6 nitrogen and oxygen atoms in total. The minimum atomic E-state index is -0.142. The van der Waals surface area contributed by atoms with E-state index in [-0.39, 0.29) is 6.03 Å². The molecule has 0 spiro atoms. The Hall–Kier alpha value is -1.82. The van der Waals surface area contributed by atoms with Crippen molar-refractivity contribution in [1.82, 2.24) is 15.2 Å². The van der Waals surface area contributed by atoms with Gasteiger partial charge >= 0.3 is 6.03 Å². The number of carbonyl (C=O) groups is 1. The highest BCUT2D eigenvalue weighted by Crippen LogP contribution is 2.18. The largest absolute Gasteiger partial charge is 0.368 e. The molecule has 1 aliphatic carbocycles. The first-order valence-electron chi connectivity index (χ1n) is 8.68. The van der Waals surface area contributed by atoms with Crippen LogP contribution in [0.5, 0.6) is 0 Å². The lowest BCUT2D eigenvalue weighted by Crippen LogP contribution is -2.44. The van der Waals surface area contributed by atoms with E-state index < -0.39 is 0 Å². The van der Waals surface area contributed by atoms with Crippen LogP contribution in [0, 0.1) is 0 Å². The second-order valence-electron chi connectivity index (χ2n) is 6.63. The summed E-state index contributed by atoms with van der Waals surface area (Å²) in [6.07, 6.45) is 7.73. The monoisotopic (exact) mass is 317 g/mol. The number of anilines is 2. The zero-order valence-corrected chi connectivity index (χ0v) is 13.9. The summed E-state index contributed by atoms with van der Waals surface area (Å²) in [5, 5.41) is 5.88. The summed E-state index contributed by atoms with van der Waals surface area (Å²) in [6, 6.07) is 4.09. The van der Waals surface area contributed by atoms with Crippen LogP contribution < -0.4 is 15.5 Å². The predicted octanol–water partition coefficient (Wildman–Crippen LogP) is 2.29. The Bertz CT molecular complexity index is 504. The predicted molar refractivity (Wildman–Crippen MR) is 93.0 cm³/mol. The third-order valence-corrected chi connectivity index (χ3v) is 4.80. The van der Waals surface area contributed by atoms with Crippen molar-refractivity contribution in [2.45, 2.75) is 38.1 Å². The van der Waals surface area contributed by atoms with Gasteiger partial charge in [0.1, 0.15) is 5.82 Å². The smallest absolute Gasteiger partial charge is 0.320 e. The van der Waals surface area contributed by atoms with E-state index in [1.807, 2.05) is 18.3 Å². The molecule has 1 saturated heterocycles. The Labute approximate surface area is 138 Å². The number of urea groups is 1. The topological polar surface area (TPSA) is 60.5 Å². The van der Waals surface area contributed by atoms with Gasteiger partial charge in [-0.25, -0.2) is 9.78 Å². The van der Waals surface area contributed by atoms with E-state index in [4.69, 9.17) is 0 Å². The van der Waals surface area contributed by atoms with Gasteiger partial charge in [0.15, 0.2) is 0 Å². The SMILES string of the molecule is CN1CCN(c2ccc(NC(=O)NC3CCCCC3)nc2)CC1. The molecule has 6 heteroatoms. The van der Waals surface area contributed by atoms with E-state index in [2.05, 4.69) is 32.5 Å². The number of hydrogen-bond donors (Lipinski definition) is 2. The molecule has 0 atom stereocenters. The van der Waals surface area contributed by atoms with Crippen LogP contribution in [0.4, 0.5) is 16.3 Å². The van der Waals surface area contributed by atoms with Crippen LogP contribution in [0.2, 0.25) is 0 Å². The highest BCUT2D eigenvalue weighted by Gasteiger charge is 2.17. The average Bonchev–Trinajstić information content (AvgIpc) is 2.57. The summed E-state index contributed by atoms with van der Waals surface area (Å²) < 4.78 is 0. The summed E-state index contributed by atoms with van der Waals surface area (Å²) in [5.74, 6) is 0.608. The number of nitrogens with zero attached hydrogens (tertiary/aromatic N) is 3. The Morgan fingerprint density at radius 2 is 1.87 bits per heavy atom. The van der Waals surface area contributed by atoms with Gasteiger partial charge in [-0.1, -0.05) is 19.3 Å². The van der Waals surface area contributed by atoms with Crippen LogP contribution in [-0.2, 0) is 0 Å². The summed E-state index contributed by atoms with van der Waals surface area (Å²) in [7, 11) is 2.15. The zero-order valence-electron chi connectivity index (χ0n) is 13.9. The average molecular weight is 317 g/mol. The molecule has 1 aliphatic heterocycles. The van der Waals surface area contributed by atoms with Gasteiger partial charge in [-0.15, -0.1) is 0 Å². The van der Waals surface area contributed by atoms with Gasteiger partial charge in [-0.3, -0.25) is 5.32 Å². The molecule has 0 radical (unpaired) electrons. The van der Waals surface area contributed by atoms with Crippen molar-refractivity contribution >= 4 is 17.5 Å². The molecule has 126 valence electrons. The summed E-state index contributed by atoms with van der Waals surface area (Å²) in [6.45, 7) is 4.19. The Morgan fingerprint density at radius 1 is 1.13 bits per heavy atom. The lowest BCUT2D eigenvalue weighted by Gasteiger charge is -2.33. The Morgan fingerprint density at radius 3 is 2.52 bits per heavy atom. The van der Waals surface area contributed by atoms with Gasteiger partial charge in [0.05, 0.1) is 11.9 Å². The Balaban J connectivity index is 1.49.